The fourth-order valence-corrected chi connectivity index (χ4v) is 4.46. The fraction of sp³-hybridized carbons (Fsp3) is 0.481. The van der Waals surface area contributed by atoms with E-state index in [1.54, 1.807) is 38.3 Å². The zero-order chi connectivity index (χ0) is 27.0. The minimum absolute atomic E-state index is 0.0510. The number of hydrogen-bond donors (Lipinski definition) is 1. The van der Waals surface area contributed by atoms with Crippen LogP contribution < -0.4 is 14.4 Å². The van der Waals surface area contributed by atoms with Crippen LogP contribution in [-0.4, -0.2) is 57.1 Å². The topological polar surface area (TPSA) is 96.0 Å². The predicted octanol–water partition coefficient (Wildman–Crippen LogP) is 3.92. The van der Waals surface area contributed by atoms with Gasteiger partial charge >= 0.3 is 0 Å². The summed E-state index contributed by atoms with van der Waals surface area (Å²) < 4.78 is 31.7. The molecule has 0 fully saturated rings. The van der Waals surface area contributed by atoms with Gasteiger partial charge in [0.2, 0.25) is 21.8 Å². The number of ether oxygens (including phenoxy) is 1. The van der Waals surface area contributed by atoms with Gasteiger partial charge in [-0.25, -0.2) is 8.42 Å². The molecule has 8 nitrogen and oxygen atoms in total. The maximum atomic E-state index is 13.6. The molecule has 36 heavy (non-hydrogen) atoms. The first-order chi connectivity index (χ1) is 16.9. The van der Waals surface area contributed by atoms with Crippen molar-refractivity contribution >= 4 is 27.5 Å². The van der Waals surface area contributed by atoms with Crippen LogP contribution >= 0.6 is 0 Å². The summed E-state index contributed by atoms with van der Waals surface area (Å²) in [5, 5.41) is 2.92. The van der Waals surface area contributed by atoms with Crippen molar-refractivity contribution in [1.82, 2.24) is 10.2 Å². The number of amides is 2. The number of anilines is 1. The second-order valence-corrected chi connectivity index (χ2v) is 11.3. The van der Waals surface area contributed by atoms with Crippen molar-refractivity contribution in [3.8, 4) is 5.75 Å². The molecule has 198 valence electrons. The molecule has 9 heteroatoms. The summed E-state index contributed by atoms with van der Waals surface area (Å²) in [4.78, 5) is 28.0. The Balaban J connectivity index is 2.38. The number of hydrogen-bond acceptors (Lipinski definition) is 5. The van der Waals surface area contributed by atoms with Gasteiger partial charge in [-0.15, -0.1) is 0 Å². The molecule has 0 aromatic heterocycles. The molecule has 0 saturated carbocycles. The minimum atomic E-state index is -3.76. The van der Waals surface area contributed by atoms with Crippen molar-refractivity contribution in [2.45, 2.75) is 65.6 Å². The van der Waals surface area contributed by atoms with Crippen LogP contribution in [0.2, 0.25) is 0 Å². The lowest BCUT2D eigenvalue weighted by Crippen LogP contribution is -2.52. The Morgan fingerprint density at radius 2 is 1.56 bits per heavy atom. The normalized spacial score (nSPS) is 13.1. The molecule has 2 rings (SSSR count). The van der Waals surface area contributed by atoms with Crippen molar-refractivity contribution in [2.75, 3.05) is 24.2 Å². The monoisotopic (exact) mass is 517 g/mol. The predicted molar refractivity (Wildman–Crippen MR) is 144 cm³/mol. The molecule has 0 radical (unpaired) electrons. The first-order valence-electron chi connectivity index (χ1n) is 12.2. The van der Waals surface area contributed by atoms with Crippen LogP contribution in [0.1, 0.15) is 58.1 Å². The molecule has 0 spiro atoms. The van der Waals surface area contributed by atoms with Gasteiger partial charge in [0.15, 0.2) is 0 Å². The highest BCUT2D eigenvalue weighted by atomic mass is 32.2. The number of sulfonamides is 1. The number of nitrogens with zero attached hydrogens (tertiary/aromatic N) is 2. The fourth-order valence-electron chi connectivity index (χ4n) is 3.61. The van der Waals surface area contributed by atoms with Crippen LogP contribution in [-0.2, 0) is 26.2 Å². The van der Waals surface area contributed by atoms with Gasteiger partial charge in [-0.05, 0) is 61.6 Å². The second kappa shape index (κ2) is 12.8. The Hall–Kier alpha value is -3.07. The SMILES string of the molecule is CC[C@H](C)NC(=O)[C@@H](C)N(Cc1ccc(OC)cc1)C(=O)CN(c1ccc(C(C)C)cc1)S(C)(=O)=O. The minimum Gasteiger partial charge on any atom is -0.497 e. The molecule has 2 aromatic carbocycles. The van der Waals surface area contributed by atoms with E-state index in [-0.39, 0.29) is 24.4 Å². The largest absolute Gasteiger partial charge is 0.497 e. The zero-order valence-corrected chi connectivity index (χ0v) is 23.1. The van der Waals surface area contributed by atoms with Gasteiger partial charge in [0, 0.05) is 12.6 Å². The highest BCUT2D eigenvalue weighted by molar-refractivity contribution is 7.92. The number of carbonyl (C=O) groups excluding carboxylic acids is 2. The Labute approximate surface area is 215 Å². The van der Waals surface area contributed by atoms with E-state index in [1.807, 2.05) is 38.1 Å². The third-order valence-electron chi connectivity index (χ3n) is 6.21. The number of rotatable bonds is 12. The molecule has 0 aliphatic heterocycles. The molecule has 0 heterocycles. The molecule has 0 aliphatic rings. The molecular weight excluding hydrogens is 478 g/mol. The number of carbonyl (C=O) groups is 2. The van der Waals surface area contributed by atoms with Crippen LogP contribution in [0, 0.1) is 0 Å². The van der Waals surface area contributed by atoms with E-state index >= 15 is 0 Å². The second-order valence-electron chi connectivity index (χ2n) is 9.38. The number of nitrogens with one attached hydrogen (secondary N) is 1. The van der Waals surface area contributed by atoms with Crippen molar-refractivity contribution in [2.24, 2.45) is 0 Å². The van der Waals surface area contributed by atoms with E-state index < -0.39 is 28.5 Å². The van der Waals surface area contributed by atoms with Gasteiger partial charge in [-0.3, -0.25) is 13.9 Å². The van der Waals surface area contributed by atoms with E-state index in [4.69, 9.17) is 4.74 Å². The third kappa shape index (κ3) is 7.98. The molecule has 2 aromatic rings. The zero-order valence-electron chi connectivity index (χ0n) is 22.3. The van der Waals surface area contributed by atoms with Crippen molar-refractivity contribution in [3.05, 3.63) is 59.7 Å². The van der Waals surface area contributed by atoms with Crippen LogP contribution in [0.15, 0.2) is 48.5 Å². The van der Waals surface area contributed by atoms with E-state index in [2.05, 4.69) is 19.2 Å². The molecule has 0 unspecified atom stereocenters. The lowest BCUT2D eigenvalue weighted by Gasteiger charge is -2.32. The van der Waals surface area contributed by atoms with E-state index in [0.29, 0.717) is 11.4 Å². The molecule has 0 aliphatic carbocycles. The third-order valence-corrected chi connectivity index (χ3v) is 7.35. The van der Waals surface area contributed by atoms with Gasteiger partial charge in [-0.1, -0.05) is 45.0 Å². The van der Waals surface area contributed by atoms with Crippen LogP contribution in [0.5, 0.6) is 5.75 Å². The molecule has 2 amide bonds. The lowest BCUT2D eigenvalue weighted by atomic mass is 10.0. The van der Waals surface area contributed by atoms with Crippen molar-refractivity contribution in [3.63, 3.8) is 0 Å². The smallest absolute Gasteiger partial charge is 0.244 e. The maximum Gasteiger partial charge on any atom is 0.244 e. The Bertz CT molecular complexity index is 1120. The average molecular weight is 518 g/mol. The summed E-state index contributed by atoms with van der Waals surface area (Å²) in [6, 6.07) is 13.5. The molecule has 2 atom stereocenters. The first-order valence-corrected chi connectivity index (χ1v) is 14.0. The molecule has 0 saturated heterocycles. The summed E-state index contributed by atoms with van der Waals surface area (Å²) in [5.74, 6) is 0.193. The molecule has 0 bridgehead atoms. The highest BCUT2D eigenvalue weighted by Crippen LogP contribution is 2.23. The summed E-state index contributed by atoms with van der Waals surface area (Å²) >= 11 is 0. The van der Waals surface area contributed by atoms with Gasteiger partial charge < -0.3 is 15.0 Å². The molecular formula is C27H39N3O5S. The Morgan fingerprint density at radius 1 is 0.972 bits per heavy atom. The average Bonchev–Trinajstić information content (AvgIpc) is 2.84. The Morgan fingerprint density at radius 3 is 2.03 bits per heavy atom. The van der Waals surface area contributed by atoms with Gasteiger partial charge in [-0.2, -0.15) is 0 Å². The molecule has 1 N–H and O–H groups in total. The van der Waals surface area contributed by atoms with Crippen LogP contribution in [0.25, 0.3) is 0 Å². The maximum absolute atomic E-state index is 13.6. The van der Waals surface area contributed by atoms with Gasteiger partial charge in [0.05, 0.1) is 19.1 Å². The van der Waals surface area contributed by atoms with Crippen LogP contribution in [0.4, 0.5) is 5.69 Å². The van der Waals surface area contributed by atoms with Gasteiger partial charge in [0.1, 0.15) is 18.3 Å². The highest BCUT2D eigenvalue weighted by Gasteiger charge is 2.30. The number of benzene rings is 2. The number of methoxy groups -OCH3 is 1. The summed E-state index contributed by atoms with van der Waals surface area (Å²) in [5.41, 5.74) is 2.26. The van der Waals surface area contributed by atoms with Crippen molar-refractivity contribution in [1.29, 1.82) is 0 Å². The standard InChI is InChI=1S/C27H39N3O5S/c1-8-20(4)28-27(32)21(5)29(17-22-9-15-25(35-6)16-10-22)26(31)18-30(36(7,33)34)24-13-11-23(12-14-24)19(2)3/h9-16,19-21H,8,17-18H2,1-7H3,(H,28,32)/t20-,21+/m0/s1. The van der Waals surface area contributed by atoms with Crippen LogP contribution in [0.3, 0.4) is 0 Å². The lowest BCUT2D eigenvalue weighted by molar-refractivity contribution is -0.139. The first kappa shape index (κ1) is 29.2. The van der Waals surface area contributed by atoms with E-state index in [9.17, 15) is 18.0 Å². The summed E-state index contributed by atoms with van der Waals surface area (Å²) in [6.45, 7) is 9.34. The Kier molecular flexibility index (Phi) is 10.3. The van der Waals surface area contributed by atoms with E-state index in [0.717, 1.165) is 28.1 Å². The van der Waals surface area contributed by atoms with Gasteiger partial charge in [0.25, 0.3) is 0 Å². The quantitative estimate of drug-likeness (QED) is 0.460. The summed E-state index contributed by atoms with van der Waals surface area (Å²) in [7, 11) is -2.19. The van der Waals surface area contributed by atoms with E-state index in [1.165, 1.54) is 4.90 Å². The van der Waals surface area contributed by atoms with Crippen molar-refractivity contribution < 1.29 is 22.7 Å². The summed E-state index contributed by atoms with van der Waals surface area (Å²) in [6.07, 6.45) is 1.82.